The number of esters is 2. The summed E-state index contributed by atoms with van der Waals surface area (Å²) in [6, 6.07) is 12.2. The van der Waals surface area contributed by atoms with Gasteiger partial charge < -0.3 is 19.7 Å². The third-order valence-electron chi connectivity index (χ3n) is 5.32. The molecule has 1 aromatic rings. The van der Waals surface area contributed by atoms with Gasteiger partial charge in [0.15, 0.2) is 0 Å². The Morgan fingerprint density at radius 1 is 0.972 bits per heavy atom. The Morgan fingerprint density at radius 2 is 1.47 bits per heavy atom. The summed E-state index contributed by atoms with van der Waals surface area (Å²) in [4.78, 5) is 37.8. The zero-order chi connectivity index (χ0) is 26.8. The van der Waals surface area contributed by atoms with Crippen LogP contribution < -0.4 is 10.2 Å². The van der Waals surface area contributed by atoms with Gasteiger partial charge in [0, 0.05) is 16.8 Å². The first kappa shape index (κ1) is 27.4. The number of carbonyl (C=O) groups excluding carboxylic acids is 3. The Hall–Kier alpha value is -4.88. The van der Waals surface area contributed by atoms with Gasteiger partial charge in [-0.1, -0.05) is 25.3 Å². The molecule has 10 heteroatoms. The number of benzene rings is 1. The quantitative estimate of drug-likeness (QED) is 0.297. The van der Waals surface area contributed by atoms with E-state index in [1.165, 1.54) is 0 Å². The number of carbonyl (C=O) groups is 3. The summed E-state index contributed by atoms with van der Waals surface area (Å²) in [7, 11) is 0. The SMILES string of the molecule is C=C(C)C(=O)OCCN(CCOC(=O)C(=C)C)c1ccc(C2C(=O)NC(=C(C#N)C#N)C2C#N)cc1. The van der Waals surface area contributed by atoms with Crippen LogP contribution in [0.2, 0.25) is 0 Å². The molecule has 0 bridgehead atoms. The zero-order valence-corrected chi connectivity index (χ0v) is 20.0. The van der Waals surface area contributed by atoms with Crippen LogP contribution in [0.3, 0.4) is 0 Å². The highest BCUT2D eigenvalue weighted by atomic mass is 16.5. The summed E-state index contributed by atoms with van der Waals surface area (Å²) >= 11 is 0. The van der Waals surface area contributed by atoms with Crippen molar-refractivity contribution in [3.63, 3.8) is 0 Å². The molecule has 1 amide bonds. The average molecular weight is 488 g/mol. The number of amides is 1. The van der Waals surface area contributed by atoms with E-state index in [9.17, 15) is 19.6 Å². The largest absolute Gasteiger partial charge is 0.460 e. The Morgan fingerprint density at radius 3 is 1.89 bits per heavy atom. The molecule has 36 heavy (non-hydrogen) atoms. The first-order valence-electron chi connectivity index (χ1n) is 10.9. The van der Waals surface area contributed by atoms with Gasteiger partial charge in [0.1, 0.15) is 36.8 Å². The molecule has 1 aliphatic rings. The number of hydrogen-bond donors (Lipinski definition) is 1. The second-order valence-corrected chi connectivity index (χ2v) is 8.00. The van der Waals surface area contributed by atoms with E-state index >= 15 is 0 Å². The highest BCUT2D eigenvalue weighted by molar-refractivity contribution is 5.91. The number of rotatable bonds is 10. The van der Waals surface area contributed by atoms with Crippen LogP contribution in [0.4, 0.5) is 5.69 Å². The number of allylic oxidation sites excluding steroid dienone is 2. The highest BCUT2D eigenvalue weighted by Gasteiger charge is 2.41. The van der Waals surface area contributed by atoms with Crippen LogP contribution in [0.15, 0.2) is 59.8 Å². The van der Waals surface area contributed by atoms with E-state index in [-0.39, 0.29) is 48.7 Å². The van der Waals surface area contributed by atoms with Crippen molar-refractivity contribution in [2.45, 2.75) is 19.8 Å². The van der Waals surface area contributed by atoms with Gasteiger partial charge in [0.2, 0.25) is 5.91 Å². The van der Waals surface area contributed by atoms with E-state index < -0.39 is 29.7 Å². The van der Waals surface area contributed by atoms with Crippen molar-refractivity contribution in [1.82, 2.24) is 5.32 Å². The first-order valence-corrected chi connectivity index (χ1v) is 10.9. The molecule has 0 saturated carbocycles. The van der Waals surface area contributed by atoms with Crippen molar-refractivity contribution >= 4 is 23.5 Å². The zero-order valence-electron chi connectivity index (χ0n) is 20.0. The number of nitriles is 3. The van der Waals surface area contributed by atoms with Gasteiger partial charge in [-0.25, -0.2) is 9.59 Å². The Labute approximate surface area is 209 Å². The molecule has 1 aliphatic heterocycles. The van der Waals surface area contributed by atoms with Crippen LogP contribution in [-0.4, -0.2) is 44.1 Å². The average Bonchev–Trinajstić information content (AvgIpc) is 3.19. The van der Waals surface area contributed by atoms with Gasteiger partial charge >= 0.3 is 11.9 Å². The molecule has 10 nitrogen and oxygen atoms in total. The van der Waals surface area contributed by atoms with Crippen LogP contribution in [0.5, 0.6) is 0 Å². The normalized spacial score (nSPS) is 16.0. The van der Waals surface area contributed by atoms with Crippen molar-refractivity contribution in [3.8, 4) is 18.2 Å². The summed E-state index contributed by atoms with van der Waals surface area (Å²) in [5.41, 5.74) is 1.44. The maximum Gasteiger partial charge on any atom is 0.333 e. The van der Waals surface area contributed by atoms with Crippen molar-refractivity contribution in [1.29, 1.82) is 15.8 Å². The Kier molecular flexibility index (Phi) is 9.54. The second kappa shape index (κ2) is 12.5. The number of ether oxygens (including phenoxy) is 2. The lowest BCUT2D eigenvalue weighted by molar-refractivity contribution is -0.139. The summed E-state index contributed by atoms with van der Waals surface area (Å²) in [6.07, 6.45) is 0. The lowest BCUT2D eigenvalue weighted by Gasteiger charge is -2.25. The Balaban J connectivity index is 2.24. The van der Waals surface area contributed by atoms with E-state index in [4.69, 9.17) is 20.0 Å². The minimum absolute atomic E-state index is 0.00172. The van der Waals surface area contributed by atoms with E-state index in [1.54, 1.807) is 50.3 Å². The molecule has 2 unspecified atom stereocenters. The topological polar surface area (TPSA) is 156 Å². The third-order valence-corrected chi connectivity index (χ3v) is 5.32. The van der Waals surface area contributed by atoms with Gasteiger partial charge in [-0.15, -0.1) is 0 Å². The van der Waals surface area contributed by atoms with E-state index in [2.05, 4.69) is 18.5 Å². The summed E-state index contributed by atoms with van der Waals surface area (Å²) in [5, 5.41) is 30.4. The Bertz CT molecular complexity index is 1180. The second-order valence-electron chi connectivity index (χ2n) is 8.00. The molecule has 1 N–H and O–H groups in total. The lowest BCUT2D eigenvalue weighted by atomic mass is 9.86. The molecule has 184 valence electrons. The predicted molar refractivity (Wildman–Crippen MR) is 128 cm³/mol. The molecule has 1 saturated heterocycles. The highest BCUT2D eigenvalue weighted by Crippen LogP contribution is 2.36. The molecule has 0 spiro atoms. The monoisotopic (exact) mass is 487 g/mol. The van der Waals surface area contributed by atoms with Crippen molar-refractivity contribution in [2.75, 3.05) is 31.2 Å². The van der Waals surface area contributed by atoms with Crippen molar-refractivity contribution in [2.24, 2.45) is 5.92 Å². The number of hydrogen-bond acceptors (Lipinski definition) is 9. The lowest BCUT2D eigenvalue weighted by Crippen LogP contribution is -2.32. The molecular weight excluding hydrogens is 462 g/mol. The van der Waals surface area contributed by atoms with Crippen LogP contribution in [0, 0.1) is 39.9 Å². The minimum atomic E-state index is -1.00. The van der Waals surface area contributed by atoms with E-state index in [0.717, 1.165) is 0 Å². The number of nitrogens with one attached hydrogen (secondary N) is 1. The number of nitrogens with zero attached hydrogens (tertiary/aromatic N) is 4. The molecular formula is C26H25N5O5. The van der Waals surface area contributed by atoms with Gasteiger partial charge in [-0.2, -0.15) is 15.8 Å². The number of anilines is 1. The van der Waals surface area contributed by atoms with Gasteiger partial charge in [-0.3, -0.25) is 4.79 Å². The summed E-state index contributed by atoms with van der Waals surface area (Å²) < 4.78 is 10.4. The molecule has 2 rings (SSSR count). The fraction of sp³-hybridized carbons (Fsp3) is 0.308. The van der Waals surface area contributed by atoms with Crippen molar-refractivity contribution in [3.05, 3.63) is 65.4 Å². The molecule has 0 aromatic heterocycles. The molecule has 1 heterocycles. The fourth-order valence-electron chi connectivity index (χ4n) is 3.46. The van der Waals surface area contributed by atoms with Gasteiger partial charge in [-0.05, 0) is 31.5 Å². The smallest absolute Gasteiger partial charge is 0.333 e. The molecule has 1 fully saturated rings. The predicted octanol–water partition coefficient (Wildman–Crippen LogP) is 2.39. The van der Waals surface area contributed by atoms with Crippen molar-refractivity contribution < 1.29 is 23.9 Å². The maximum absolute atomic E-state index is 12.6. The van der Waals surface area contributed by atoms with E-state index in [1.807, 2.05) is 11.0 Å². The molecule has 2 atom stereocenters. The fourth-order valence-corrected chi connectivity index (χ4v) is 3.46. The van der Waals surface area contributed by atoms with Gasteiger partial charge in [0.05, 0.1) is 30.8 Å². The van der Waals surface area contributed by atoms with Crippen LogP contribution in [0.25, 0.3) is 0 Å². The first-order chi connectivity index (χ1) is 17.1. The maximum atomic E-state index is 12.6. The third kappa shape index (κ3) is 6.59. The minimum Gasteiger partial charge on any atom is -0.460 e. The van der Waals surface area contributed by atoms with Gasteiger partial charge in [0.25, 0.3) is 0 Å². The molecule has 0 aliphatic carbocycles. The van der Waals surface area contributed by atoms with Crippen LogP contribution >= 0.6 is 0 Å². The summed E-state index contributed by atoms with van der Waals surface area (Å²) in [5.74, 6) is -3.42. The molecule has 0 radical (unpaired) electrons. The molecule has 1 aromatic carbocycles. The van der Waals surface area contributed by atoms with E-state index in [0.29, 0.717) is 11.3 Å². The standard InChI is InChI=1S/C26H25N5O5/c1-16(2)25(33)35-11-9-31(10-12-36-26(34)17(3)4)20-7-5-18(6-8-20)22-21(15-29)23(30-24(22)32)19(13-27)14-28/h5-8,21-22H,1,3,9-12H2,2,4H3,(H,30,32). The van der Waals surface area contributed by atoms with Crippen LogP contribution in [0.1, 0.15) is 25.3 Å². The van der Waals surface area contributed by atoms with Crippen LogP contribution in [-0.2, 0) is 23.9 Å². The summed E-state index contributed by atoms with van der Waals surface area (Å²) in [6.45, 7) is 10.9.